The maximum atomic E-state index is 5.54. The van der Waals surface area contributed by atoms with Gasteiger partial charge in [-0.25, -0.2) is 0 Å². The standard InChI is InChI=1S/C9H15NS/c10-9(11)5-8-4-6-1-2-7(8)3-6/h6-8H,1-5H2,(H2,10,11). The van der Waals surface area contributed by atoms with E-state index >= 15 is 0 Å². The van der Waals surface area contributed by atoms with Crippen molar-refractivity contribution in [1.29, 1.82) is 0 Å². The molecular formula is C9H15NS. The summed E-state index contributed by atoms with van der Waals surface area (Å²) < 4.78 is 0. The van der Waals surface area contributed by atoms with Crippen LogP contribution in [0.3, 0.4) is 0 Å². The Bertz CT molecular complexity index is 178. The van der Waals surface area contributed by atoms with Crippen molar-refractivity contribution in [3.05, 3.63) is 0 Å². The lowest BCUT2D eigenvalue weighted by Gasteiger charge is -2.20. The van der Waals surface area contributed by atoms with Gasteiger partial charge in [0.25, 0.3) is 0 Å². The molecule has 2 N–H and O–H groups in total. The summed E-state index contributed by atoms with van der Waals surface area (Å²) in [5.41, 5.74) is 5.54. The van der Waals surface area contributed by atoms with Crippen LogP contribution in [0.4, 0.5) is 0 Å². The Hall–Kier alpha value is -0.110. The second kappa shape index (κ2) is 2.74. The minimum atomic E-state index is 0.725. The summed E-state index contributed by atoms with van der Waals surface area (Å²) in [5.74, 6) is 2.85. The molecule has 2 heteroatoms. The normalized spacial score (nSPS) is 41.3. The molecule has 0 aromatic carbocycles. The maximum absolute atomic E-state index is 5.54. The molecule has 3 unspecified atom stereocenters. The number of hydrogen-bond acceptors (Lipinski definition) is 1. The van der Waals surface area contributed by atoms with Crippen LogP contribution in [-0.4, -0.2) is 4.99 Å². The van der Waals surface area contributed by atoms with Crippen LogP contribution in [0, 0.1) is 17.8 Å². The average Bonchev–Trinajstić information content (AvgIpc) is 2.45. The summed E-state index contributed by atoms with van der Waals surface area (Å²) in [5, 5.41) is 0. The predicted octanol–water partition coefficient (Wildman–Crippen LogP) is 2.10. The van der Waals surface area contributed by atoms with Crippen molar-refractivity contribution in [1.82, 2.24) is 0 Å². The third-order valence-electron chi connectivity index (χ3n) is 3.35. The zero-order chi connectivity index (χ0) is 7.84. The predicted molar refractivity (Wildman–Crippen MR) is 50.3 cm³/mol. The molecule has 0 amide bonds. The van der Waals surface area contributed by atoms with E-state index in [0.717, 1.165) is 29.2 Å². The molecule has 0 spiro atoms. The largest absolute Gasteiger partial charge is 0.393 e. The van der Waals surface area contributed by atoms with Gasteiger partial charge in [0, 0.05) is 6.42 Å². The highest BCUT2D eigenvalue weighted by atomic mass is 32.1. The van der Waals surface area contributed by atoms with Gasteiger partial charge < -0.3 is 5.73 Å². The lowest BCUT2D eigenvalue weighted by Crippen LogP contribution is -2.18. The highest BCUT2D eigenvalue weighted by molar-refractivity contribution is 7.80. The number of rotatable bonds is 2. The van der Waals surface area contributed by atoms with E-state index in [-0.39, 0.29) is 0 Å². The van der Waals surface area contributed by atoms with Crippen molar-refractivity contribution in [3.8, 4) is 0 Å². The van der Waals surface area contributed by atoms with Gasteiger partial charge in [0.1, 0.15) is 0 Å². The quantitative estimate of drug-likeness (QED) is 0.641. The monoisotopic (exact) mass is 169 g/mol. The first-order valence-corrected chi connectivity index (χ1v) is 4.95. The Morgan fingerprint density at radius 1 is 1.36 bits per heavy atom. The lowest BCUT2D eigenvalue weighted by atomic mass is 9.86. The molecule has 2 aliphatic carbocycles. The summed E-state index contributed by atoms with van der Waals surface area (Å²) in [7, 11) is 0. The van der Waals surface area contributed by atoms with E-state index in [9.17, 15) is 0 Å². The number of nitrogens with two attached hydrogens (primary N) is 1. The molecule has 2 fully saturated rings. The smallest absolute Gasteiger partial charge is 0.0730 e. The minimum absolute atomic E-state index is 0.725. The molecule has 0 heterocycles. The van der Waals surface area contributed by atoms with Gasteiger partial charge in [-0.05, 0) is 37.0 Å². The SMILES string of the molecule is NC(=S)CC1CC2CCC1C2. The average molecular weight is 169 g/mol. The summed E-state index contributed by atoms with van der Waals surface area (Å²) in [6, 6.07) is 0. The molecule has 0 radical (unpaired) electrons. The first kappa shape index (κ1) is 7.53. The first-order valence-electron chi connectivity index (χ1n) is 4.54. The van der Waals surface area contributed by atoms with Crippen molar-refractivity contribution in [2.24, 2.45) is 23.5 Å². The van der Waals surface area contributed by atoms with Gasteiger partial charge in [-0.1, -0.05) is 18.6 Å². The molecular weight excluding hydrogens is 154 g/mol. The lowest BCUT2D eigenvalue weighted by molar-refractivity contribution is 0.343. The van der Waals surface area contributed by atoms with Gasteiger partial charge in [-0.3, -0.25) is 0 Å². The van der Waals surface area contributed by atoms with Gasteiger partial charge in [0.05, 0.1) is 4.99 Å². The van der Waals surface area contributed by atoms with Crippen molar-refractivity contribution in [2.45, 2.75) is 32.1 Å². The van der Waals surface area contributed by atoms with Crippen LogP contribution < -0.4 is 5.73 Å². The Morgan fingerprint density at radius 3 is 2.64 bits per heavy atom. The molecule has 1 nitrogen and oxygen atoms in total. The third-order valence-corrected chi connectivity index (χ3v) is 3.51. The summed E-state index contributed by atoms with van der Waals surface area (Å²) in [6.45, 7) is 0. The van der Waals surface area contributed by atoms with E-state index in [2.05, 4.69) is 0 Å². The van der Waals surface area contributed by atoms with E-state index in [1.165, 1.54) is 25.7 Å². The van der Waals surface area contributed by atoms with Crippen LogP contribution in [-0.2, 0) is 0 Å². The topological polar surface area (TPSA) is 26.0 Å². The summed E-state index contributed by atoms with van der Waals surface area (Å²) in [6.07, 6.45) is 6.79. The Balaban J connectivity index is 1.92. The zero-order valence-corrected chi connectivity index (χ0v) is 7.57. The molecule has 2 aliphatic rings. The summed E-state index contributed by atoms with van der Waals surface area (Å²) >= 11 is 4.93. The molecule has 2 rings (SSSR count). The highest BCUT2D eigenvalue weighted by Gasteiger charge is 2.39. The Labute approximate surface area is 73.3 Å². The second-order valence-electron chi connectivity index (χ2n) is 4.11. The van der Waals surface area contributed by atoms with Gasteiger partial charge in [-0.15, -0.1) is 0 Å². The van der Waals surface area contributed by atoms with Crippen molar-refractivity contribution in [3.63, 3.8) is 0 Å². The molecule has 62 valence electrons. The fourth-order valence-corrected chi connectivity index (χ4v) is 3.10. The Kier molecular flexibility index (Phi) is 1.88. The molecule has 11 heavy (non-hydrogen) atoms. The molecule has 0 saturated heterocycles. The molecule has 3 atom stereocenters. The van der Waals surface area contributed by atoms with E-state index in [0.29, 0.717) is 0 Å². The van der Waals surface area contributed by atoms with Crippen LogP contribution in [0.5, 0.6) is 0 Å². The number of hydrogen-bond donors (Lipinski definition) is 1. The fourth-order valence-electron chi connectivity index (χ4n) is 2.88. The van der Waals surface area contributed by atoms with E-state index in [4.69, 9.17) is 18.0 Å². The van der Waals surface area contributed by atoms with Gasteiger partial charge >= 0.3 is 0 Å². The van der Waals surface area contributed by atoms with Crippen molar-refractivity contribution < 1.29 is 0 Å². The fraction of sp³-hybridized carbons (Fsp3) is 0.889. The second-order valence-corrected chi connectivity index (χ2v) is 4.63. The van der Waals surface area contributed by atoms with Crippen molar-refractivity contribution >= 4 is 17.2 Å². The van der Waals surface area contributed by atoms with Gasteiger partial charge in [0.2, 0.25) is 0 Å². The van der Waals surface area contributed by atoms with Gasteiger partial charge in [0.15, 0.2) is 0 Å². The molecule has 2 saturated carbocycles. The Morgan fingerprint density at radius 2 is 2.18 bits per heavy atom. The van der Waals surface area contributed by atoms with E-state index in [1.807, 2.05) is 0 Å². The van der Waals surface area contributed by atoms with Crippen LogP contribution in [0.1, 0.15) is 32.1 Å². The van der Waals surface area contributed by atoms with Crippen LogP contribution >= 0.6 is 12.2 Å². The molecule has 0 aromatic heterocycles. The van der Waals surface area contributed by atoms with Crippen LogP contribution in [0.25, 0.3) is 0 Å². The van der Waals surface area contributed by atoms with E-state index in [1.54, 1.807) is 0 Å². The maximum Gasteiger partial charge on any atom is 0.0730 e. The summed E-state index contributed by atoms with van der Waals surface area (Å²) in [4.78, 5) is 0.725. The van der Waals surface area contributed by atoms with Crippen LogP contribution in [0.2, 0.25) is 0 Å². The molecule has 2 bridgehead atoms. The molecule has 0 aromatic rings. The van der Waals surface area contributed by atoms with E-state index < -0.39 is 0 Å². The van der Waals surface area contributed by atoms with Crippen molar-refractivity contribution in [2.75, 3.05) is 0 Å². The minimum Gasteiger partial charge on any atom is -0.393 e. The third kappa shape index (κ3) is 1.41. The number of fused-ring (bicyclic) bond motifs is 2. The zero-order valence-electron chi connectivity index (χ0n) is 6.75. The molecule has 0 aliphatic heterocycles. The van der Waals surface area contributed by atoms with Gasteiger partial charge in [-0.2, -0.15) is 0 Å². The first-order chi connectivity index (χ1) is 5.25. The number of thiocarbonyl (C=S) groups is 1. The van der Waals surface area contributed by atoms with Crippen LogP contribution in [0.15, 0.2) is 0 Å². The highest BCUT2D eigenvalue weighted by Crippen LogP contribution is 2.49.